The molecule has 0 aliphatic carbocycles. The van der Waals surface area contributed by atoms with Gasteiger partial charge in [-0.3, -0.25) is 4.68 Å². The molecule has 0 aliphatic heterocycles. The van der Waals surface area contributed by atoms with Crippen LogP contribution in [0.4, 0.5) is 11.4 Å². The van der Waals surface area contributed by atoms with Crippen molar-refractivity contribution >= 4 is 11.4 Å². The maximum Gasteiger partial charge on any atom is 0.101 e. The van der Waals surface area contributed by atoms with Gasteiger partial charge in [0, 0.05) is 29.8 Å². The number of anilines is 2. The summed E-state index contributed by atoms with van der Waals surface area (Å²) < 4.78 is 1.86. The minimum absolute atomic E-state index is 0.208. The molecule has 5 nitrogen and oxygen atoms in total. The Morgan fingerprint density at radius 2 is 2.39 bits per heavy atom. The predicted octanol–water partition coefficient (Wildman–Crippen LogP) is 1.84. The maximum absolute atomic E-state index is 8.91. The van der Waals surface area contributed by atoms with Gasteiger partial charge >= 0.3 is 0 Å². The van der Waals surface area contributed by atoms with Gasteiger partial charge in [-0.2, -0.15) is 10.4 Å². The zero-order chi connectivity index (χ0) is 13.0. The quantitative estimate of drug-likeness (QED) is 0.800. The van der Waals surface area contributed by atoms with E-state index < -0.39 is 0 Å². The lowest BCUT2D eigenvalue weighted by atomic mass is 10.1. The number of nitrogens with zero attached hydrogens (tertiary/aromatic N) is 3. The fraction of sp³-hybridized carbons (Fsp3) is 0.231. The van der Waals surface area contributed by atoms with Gasteiger partial charge in [-0.15, -0.1) is 0 Å². The van der Waals surface area contributed by atoms with Gasteiger partial charge in [-0.1, -0.05) is 0 Å². The molecule has 0 radical (unpaired) electrons. The molecule has 0 amide bonds. The van der Waals surface area contributed by atoms with E-state index >= 15 is 0 Å². The van der Waals surface area contributed by atoms with Crippen LogP contribution >= 0.6 is 0 Å². The van der Waals surface area contributed by atoms with E-state index in [-0.39, 0.29) is 6.04 Å². The van der Waals surface area contributed by atoms with E-state index in [1.807, 2.05) is 23.0 Å². The molecule has 0 saturated heterocycles. The molecule has 5 heteroatoms. The van der Waals surface area contributed by atoms with Crippen LogP contribution in [0.3, 0.4) is 0 Å². The first-order valence-electron chi connectivity index (χ1n) is 5.72. The Kier molecular flexibility index (Phi) is 3.49. The number of nitrogen functional groups attached to an aromatic ring is 1. The van der Waals surface area contributed by atoms with Crippen molar-refractivity contribution in [2.45, 2.75) is 19.5 Å². The van der Waals surface area contributed by atoms with E-state index in [0.29, 0.717) is 11.3 Å². The average Bonchev–Trinajstić information content (AvgIpc) is 2.84. The Labute approximate surface area is 106 Å². The summed E-state index contributed by atoms with van der Waals surface area (Å²) in [4.78, 5) is 0. The summed E-state index contributed by atoms with van der Waals surface area (Å²) in [5.74, 6) is 0. The summed E-state index contributed by atoms with van der Waals surface area (Å²) in [5.41, 5.74) is 7.56. The molecule has 0 bridgehead atoms. The van der Waals surface area contributed by atoms with Gasteiger partial charge in [-0.05, 0) is 31.2 Å². The highest BCUT2D eigenvalue weighted by molar-refractivity contribution is 5.62. The van der Waals surface area contributed by atoms with Gasteiger partial charge < -0.3 is 11.1 Å². The molecule has 0 aliphatic rings. The van der Waals surface area contributed by atoms with E-state index in [1.54, 1.807) is 18.3 Å². The highest BCUT2D eigenvalue weighted by Gasteiger charge is 2.05. The van der Waals surface area contributed by atoms with Crippen molar-refractivity contribution in [2.75, 3.05) is 11.1 Å². The largest absolute Gasteiger partial charge is 0.398 e. The molecule has 0 saturated carbocycles. The third-order valence-corrected chi connectivity index (χ3v) is 2.61. The third-order valence-electron chi connectivity index (χ3n) is 2.61. The molecule has 2 rings (SSSR count). The summed E-state index contributed by atoms with van der Waals surface area (Å²) in [6.45, 7) is 2.82. The van der Waals surface area contributed by atoms with Crippen LogP contribution < -0.4 is 11.1 Å². The molecule has 2 aromatic rings. The number of benzene rings is 1. The van der Waals surface area contributed by atoms with Crippen LogP contribution in [-0.2, 0) is 6.54 Å². The number of nitrogens with one attached hydrogen (secondary N) is 1. The molecule has 1 heterocycles. The van der Waals surface area contributed by atoms with Crippen LogP contribution in [0.5, 0.6) is 0 Å². The van der Waals surface area contributed by atoms with E-state index in [2.05, 4.69) is 23.4 Å². The molecule has 18 heavy (non-hydrogen) atoms. The highest BCUT2D eigenvalue weighted by Crippen LogP contribution is 2.17. The molecule has 92 valence electrons. The monoisotopic (exact) mass is 241 g/mol. The Morgan fingerprint density at radius 1 is 1.56 bits per heavy atom. The zero-order valence-corrected chi connectivity index (χ0v) is 10.2. The zero-order valence-electron chi connectivity index (χ0n) is 10.2. The Bertz CT molecular complexity index is 553. The summed E-state index contributed by atoms with van der Waals surface area (Å²) in [6.07, 6.45) is 3.67. The number of hydrogen-bond donors (Lipinski definition) is 2. The summed E-state index contributed by atoms with van der Waals surface area (Å²) in [6, 6.07) is 9.54. The fourth-order valence-electron chi connectivity index (χ4n) is 1.76. The molecule has 1 aromatic carbocycles. The second-order valence-corrected chi connectivity index (χ2v) is 4.19. The van der Waals surface area contributed by atoms with Gasteiger partial charge in [0.1, 0.15) is 6.07 Å². The minimum atomic E-state index is 0.208. The van der Waals surface area contributed by atoms with E-state index in [1.165, 1.54) is 0 Å². The molecule has 3 N–H and O–H groups in total. The van der Waals surface area contributed by atoms with Crippen LogP contribution in [0.2, 0.25) is 0 Å². The SMILES string of the molecule is CC(Cn1cccn1)Nc1ccc(N)c(C#N)c1. The van der Waals surface area contributed by atoms with Gasteiger partial charge in [-0.25, -0.2) is 0 Å². The second kappa shape index (κ2) is 5.23. The minimum Gasteiger partial charge on any atom is -0.398 e. The molecule has 1 unspecified atom stereocenters. The maximum atomic E-state index is 8.91. The number of hydrogen-bond acceptors (Lipinski definition) is 4. The fourth-order valence-corrected chi connectivity index (χ4v) is 1.76. The smallest absolute Gasteiger partial charge is 0.101 e. The van der Waals surface area contributed by atoms with Gasteiger partial charge in [0.15, 0.2) is 0 Å². The molecule has 1 atom stereocenters. The Balaban J connectivity index is 2.03. The molecule has 1 aromatic heterocycles. The van der Waals surface area contributed by atoms with Crippen molar-refractivity contribution in [3.8, 4) is 6.07 Å². The van der Waals surface area contributed by atoms with Crippen molar-refractivity contribution in [1.29, 1.82) is 5.26 Å². The van der Waals surface area contributed by atoms with Crippen molar-refractivity contribution in [3.05, 3.63) is 42.2 Å². The van der Waals surface area contributed by atoms with Crippen LogP contribution in [0.1, 0.15) is 12.5 Å². The first-order chi connectivity index (χ1) is 8.69. The van der Waals surface area contributed by atoms with Gasteiger partial charge in [0.2, 0.25) is 0 Å². The number of nitrogens with two attached hydrogens (primary N) is 1. The second-order valence-electron chi connectivity index (χ2n) is 4.19. The number of rotatable bonds is 4. The Hall–Kier alpha value is -2.48. The van der Waals surface area contributed by atoms with Crippen molar-refractivity contribution in [1.82, 2.24) is 9.78 Å². The van der Waals surface area contributed by atoms with Crippen molar-refractivity contribution < 1.29 is 0 Å². The first-order valence-corrected chi connectivity index (χ1v) is 5.72. The lowest BCUT2D eigenvalue weighted by molar-refractivity contribution is 0.561. The van der Waals surface area contributed by atoms with Crippen LogP contribution in [0.15, 0.2) is 36.7 Å². The van der Waals surface area contributed by atoms with E-state index in [4.69, 9.17) is 11.0 Å². The van der Waals surface area contributed by atoms with Crippen molar-refractivity contribution in [2.24, 2.45) is 0 Å². The highest BCUT2D eigenvalue weighted by atomic mass is 15.3. The van der Waals surface area contributed by atoms with Crippen molar-refractivity contribution in [3.63, 3.8) is 0 Å². The Morgan fingerprint density at radius 3 is 3.06 bits per heavy atom. The van der Waals surface area contributed by atoms with Crippen LogP contribution in [0.25, 0.3) is 0 Å². The molecule has 0 fully saturated rings. The summed E-state index contributed by atoms with van der Waals surface area (Å²) in [5, 5.41) is 16.4. The van der Waals surface area contributed by atoms with E-state index in [9.17, 15) is 0 Å². The van der Waals surface area contributed by atoms with Gasteiger partial charge in [0.05, 0.1) is 12.1 Å². The molecule has 0 spiro atoms. The standard InChI is InChI=1S/C13H15N5/c1-10(9-18-6-2-5-16-18)17-12-3-4-13(15)11(7-12)8-14/h2-7,10,17H,9,15H2,1H3. The molecular formula is C13H15N5. The topological polar surface area (TPSA) is 79.7 Å². The number of nitriles is 1. The lowest BCUT2D eigenvalue weighted by Crippen LogP contribution is -2.22. The van der Waals surface area contributed by atoms with Gasteiger partial charge in [0.25, 0.3) is 0 Å². The first kappa shape index (κ1) is 12.0. The predicted molar refractivity (Wildman–Crippen MR) is 70.9 cm³/mol. The average molecular weight is 241 g/mol. The normalized spacial score (nSPS) is 11.8. The lowest BCUT2D eigenvalue weighted by Gasteiger charge is -2.15. The third kappa shape index (κ3) is 2.80. The van der Waals surface area contributed by atoms with Crippen LogP contribution in [-0.4, -0.2) is 15.8 Å². The number of aromatic nitrogens is 2. The van der Waals surface area contributed by atoms with E-state index in [0.717, 1.165) is 12.2 Å². The summed E-state index contributed by atoms with van der Waals surface area (Å²) in [7, 11) is 0. The summed E-state index contributed by atoms with van der Waals surface area (Å²) >= 11 is 0. The molecular weight excluding hydrogens is 226 g/mol. The van der Waals surface area contributed by atoms with Crippen LogP contribution in [0, 0.1) is 11.3 Å².